The molecule has 9 heteroatoms. The molecule has 5 rings (SSSR count). The smallest absolute Gasteiger partial charge is 0.242 e. The molecule has 0 radical (unpaired) electrons. The van der Waals surface area contributed by atoms with Gasteiger partial charge in [0.25, 0.3) is 0 Å². The average Bonchev–Trinajstić information content (AvgIpc) is 3.24. The fourth-order valence-corrected chi connectivity index (χ4v) is 6.03. The number of fused-ring (bicyclic) bond motifs is 1. The zero-order valence-electron chi connectivity index (χ0n) is 17.9. The predicted molar refractivity (Wildman–Crippen MR) is 131 cm³/mol. The van der Waals surface area contributed by atoms with E-state index in [1.54, 1.807) is 36.5 Å². The summed E-state index contributed by atoms with van der Waals surface area (Å²) in [5.41, 5.74) is 3.00. The number of nitrogens with zero attached hydrogens (tertiary/aromatic N) is 2. The molecule has 4 aromatic rings. The quantitative estimate of drug-likeness (QED) is 0.310. The Kier molecular flexibility index (Phi) is 6.05. The number of benzene rings is 1. The second-order valence-corrected chi connectivity index (χ2v) is 10.3. The van der Waals surface area contributed by atoms with Crippen molar-refractivity contribution in [1.82, 2.24) is 19.7 Å². The van der Waals surface area contributed by atoms with Crippen molar-refractivity contribution in [3.8, 4) is 11.1 Å². The molecule has 0 spiro atoms. The van der Waals surface area contributed by atoms with Crippen LogP contribution < -0.4 is 10.0 Å². The molecule has 0 saturated heterocycles. The third-order valence-electron chi connectivity index (χ3n) is 5.92. The van der Waals surface area contributed by atoms with Gasteiger partial charge in [-0.05, 0) is 54.8 Å². The Hall–Kier alpha value is -2.94. The standard InChI is InChI=1S/C24H24ClN5O2S/c25-22-13-16(19-15-27-24-18(19)9-6-12-26-24)14-23(29-22)28-20-10-4-5-11-21(20)33(31,32)30-17-7-2-1-3-8-17/h4-6,9-15,17,30H,1-3,7-8H2,(H,26,27)(H,28,29). The van der Waals surface area contributed by atoms with Gasteiger partial charge in [-0.3, -0.25) is 0 Å². The number of aromatic amines is 1. The highest BCUT2D eigenvalue weighted by molar-refractivity contribution is 7.89. The summed E-state index contributed by atoms with van der Waals surface area (Å²) in [5, 5.41) is 4.43. The van der Waals surface area contributed by atoms with Gasteiger partial charge in [-0.2, -0.15) is 0 Å². The molecule has 33 heavy (non-hydrogen) atoms. The van der Waals surface area contributed by atoms with Crippen molar-refractivity contribution in [2.24, 2.45) is 0 Å². The summed E-state index contributed by atoms with van der Waals surface area (Å²) in [7, 11) is -3.69. The highest BCUT2D eigenvalue weighted by Gasteiger charge is 2.24. The van der Waals surface area contributed by atoms with E-state index in [0.717, 1.165) is 54.3 Å². The number of pyridine rings is 2. The highest BCUT2D eigenvalue weighted by atomic mass is 35.5. The summed E-state index contributed by atoms with van der Waals surface area (Å²) < 4.78 is 29.2. The van der Waals surface area contributed by atoms with E-state index >= 15 is 0 Å². The van der Waals surface area contributed by atoms with Crippen molar-refractivity contribution in [2.45, 2.75) is 43.0 Å². The van der Waals surface area contributed by atoms with Crippen LogP contribution in [0.4, 0.5) is 11.5 Å². The second-order valence-electron chi connectivity index (χ2n) is 8.24. The average molecular weight is 482 g/mol. The molecule has 0 bridgehead atoms. The maximum absolute atomic E-state index is 13.2. The first-order chi connectivity index (χ1) is 16.0. The number of aromatic nitrogens is 3. The van der Waals surface area contributed by atoms with Gasteiger partial charge in [-0.25, -0.2) is 23.1 Å². The van der Waals surface area contributed by atoms with E-state index in [4.69, 9.17) is 11.6 Å². The number of sulfonamides is 1. The fraction of sp³-hybridized carbons (Fsp3) is 0.250. The summed E-state index contributed by atoms with van der Waals surface area (Å²) in [4.78, 5) is 12.1. The van der Waals surface area contributed by atoms with Crippen LogP contribution in [0.1, 0.15) is 32.1 Å². The van der Waals surface area contributed by atoms with Crippen LogP contribution in [0.3, 0.4) is 0 Å². The molecule has 0 atom stereocenters. The van der Waals surface area contributed by atoms with Crippen LogP contribution in [-0.4, -0.2) is 29.4 Å². The highest BCUT2D eigenvalue weighted by Crippen LogP contribution is 2.32. The van der Waals surface area contributed by atoms with Crippen LogP contribution in [0.2, 0.25) is 5.15 Å². The van der Waals surface area contributed by atoms with Gasteiger partial charge < -0.3 is 10.3 Å². The molecule has 0 aliphatic heterocycles. The van der Waals surface area contributed by atoms with E-state index in [9.17, 15) is 8.42 Å². The number of para-hydroxylation sites is 1. The topological polar surface area (TPSA) is 99.8 Å². The van der Waals surface area contributed by atoms with Gasteiger partial charge in [0, 0.05) is 29.4 Å². The van der Waals surface area contributed by atoms with Gasteiger partial charge in [0.1, 0.15) is 21.5 Å². The minimum absolute atomic E-state index is 0.0248. The summed E-state index contributed by atoms with van der Waals surface area (Å²) in [6.45, 7) is 0. The maximum Gasteiger partial charge on any atom is 0.242 e. The first-order valence-electron chi connectivity index (χ1n) is 11.0. The van der Waals surface area contributed by atoms with E-state index < -0.39 is 10.0 Å². The Balaban J connectivity index is 1.47. The SMILES string of the molecule is O=S(=O)(NC1CCCCC1)c1ccccc1Nc1cc(-c2c[nH]c3ncccc23)cc(Cl)n1. The zero-order valence-corrected chi connectivity index (χ0v) is 19.5. The van der Waals surface area contributed by atoms with Crippen molar-refractivity contribution in [3.63, 3.8) is 0 Å². The molecule has 1 aromatic carbocycles. The first-order valence-corrected chi connectivity index (χ1v) is 12.8. The lowest BCUT2D eigenvalue weighted by atomic mass is 9.96. The molecular weight excluding hydrogens is 458 g/mol. The van der Waals surface area contributed by atoms with E-state index in [0.29, 0.717) is 16.7 Å². The van der Waals surface area contributed by atoms with Gasteiger partial charge in [0.05, 0.1) is 5.69 Å². The molecule has 7 nitrogen and oxygen atoms in total. The van der Waals surface area contributed by atoms with Crippen LogP contribution in [0.15, 0.2) is 65.8 Å². The van der Waals surface area contributed by atoms with E-state index in [2.05, 4.69) is 25.0 Å². The Bertz CT molecular complexity index is 1400. The van der Waals surface area contributed by atoms with Crippen molar-refractivity contribution < 1.29 is 8.42 Å². The van der Waals surface area contributed by atoms with Gasteiger partial charge in [-0.1, -0.05) is 43.0 Å². The molecule has 1 saturated carbocycles. The van der Waals surface area contributed by atoms with Crippen LogP contribution in [-0.2, 0) is 10.0 Å². The largest absolute Gasteiger partial charge is 0.346 e. The van der Waals surface area contributed by atoms with Crippen LogP contribution >= 0.6 is 11.6 Å². The zero-order chi connectivity index (χ0) is 22.8. The number of halogens is 1. The number of anilines is 2. The number of hydrogen-bond donors (Lipinski definition) is 3. The summed E-state index contributed by atoms with van der Waals surface area (Å²) >= 11 is 6.34. The van der Waals surface area contributed by atoms with Crippen molar-refractivity contribution >= 4 is 44.2 Å². The van der Waals surface area contributed by atoms with E-state index in [1.807, 2.05) is 24.4 Å². The second kappa shape index (κ2) is 9.13. The Morgan fingerprint density at radius 1 is 1.03 bits per heavy atom. The summed E-state index contributed by atoms with van der Waals surface area (Å²) in [6, 6.07) is 14.3. The Morgan fingerprint density at radius 3 is 2.70 bits per heavy atom. The van der Waals surface area contributed by atoms with Gasteiger partial charge >= 0.3 is 0 Å². The lowest BCUT2D eigenvalue weighted by Crippen LogP contribution is -2.36. The van der Waals surface area contributed by atoms with E-state index in [1.165, 1.54) is 0 Å². The van der Waals surface area contributed by atoms with Crippen LogP contribution in [0.25, 0.3) is 22.2 Å². The van der Waals surface area contributed by atoms with Crippen molar-refractivity contribution in [2.75, 3.05) is 5.32 Å². The number of hydrogen-bond acceptors (Lipinski definition) is 5. The minimum Gasteiger partial charge on any atom is -0.346 e. The first kappa shape index (κ1) is 21.9. The lowest BCUT2D eigenvalue weighted by Gasteiger charge is -2.23. The molecule has 3 aromatic heterocycles. The third kappa shape index (κ3) is 4.73. The van der Waals surface area contributed by atoms with Gasteiger partial charge in [0.15, 0.2) is 0 Å². The Morgan fingerprint density at radius 2 is 1.85 bits per heavy atom. The number of nitrogens with one attached hydrogen (secondary N) is 3. The Labute approximate surface area is 197 Å². The van der Waals surface area contributed by atoms with Gasteiger partial charge in [-0.15, -0.1) is 0 Å². The summed E-state index contributed by atoms with van der Waals surface area (Å²) in [6.07, 6.45) is 8.59. The van der Waals surface area contributed by atoms with Crippen LogP contribution in [0.5, 0.6) is 0 Å². The molecule has 1 fully saturated rings. The number of H-pyrrole nitrogens is 1. The number of rotatable bonds is 6. The van der Waals surface area contributed by atoms with Crippen LogP contribution in [0, 0.1) is 0 Å². The molecule has 3 heterocycles. The van der Waals surface area contributed by atoms with Crippen molar-refractivity contribution in [3.05, 3.63) is 66.1 Å². The fourth-order valence-electron chi connectivity index (χ4n) is 4.36. The molecular formula is C24H24ClN5O2S. The molecule has 170 valence electrons. The minimum atomic E-state index is -3.69. The normalized spacial score (nSPS) is 15.1. The predicted octanol–water partition coefficient (Wildman–Crippen LogP) is 5.63. The van der Waals surface area contributed by atoms with Crippen molar-refractivity contribution in [1.29, 1.82) is 0 Å². The van der Waals surface area contributed by atoms with E-state index in [-0.39, 0.29) is 10.9 Å². The molecule has 0 unspecified atom stereocenters. The molecule has 1 aliphatic carbocycles. The maximum atomic E-state index is 13.2. The summed E-state index contributed by atoms with van der Waals surface area (Å²) in [5.74, 6) is 0.455. The lowest BCUT2D eigenvalue weighted by molar-refractivity contribution is 0.412. The monoisotopic (exact) mass is 481 g/mol. The van der Waals surface area contributed by atoms with Gasteiger partial charge in [0.2, 0.25) is 10.0 Å². The molecule has 1 aliphatic rings. The molecule has 3 N–H and O–H groups in total. The third-order valence-corrected chi connectivity index (χ3v) is 7.69. The molecule has 0 amide bonds.